The Morgan fingerprint density at radius 2 is 0.674 bits per heavy atom. The van der Waals surface area contributed by atoms with Crippen LogP contribution in [0.3, 0.4) is 0 Å². The molecule has 46 heavy (non-hydrogen) atoms. The van der Waals surface area contributed by atoms with Crippen molar-refractivity contribution in [2.24, 2.45) is 0 Å². The van der Waals surface area contributed by atoms with Crippen molar-refractivity contribution in [2.45, 2.75) is 105 Å². The lowest BCUT2D eigenvalue weighted by Crippen LogP contribution is -2.19. The van der Waals surface area contributed by atoms with Crippen molar-refractivity contribution in [1.29, 1.82) is 0 Å². The Balaban J connectivity index is 1.77. The quantitative estimate of drug-likeness (QED) is 0.188. The van der Waals surface area contributed by atoms with Crippen LogP contribution in [0.15, 0.2) is 60.7 Å². The zero-order valence-corrected chi connectivity index (χ0v) is 30.5. The number of methoxy groups -OCH3 is 2. The summed E-state index contributed by atoms with van der Waals surface area (Å²) in [6.45, 7) is 26.9. The molecule has 242 valence electrons. The minimum atomic E-state index is -0.0997. The maximum Gasteiger partial charge on any atom is 0.126 e. The highest BCUT2D eigenvalue weighted by molar-refractivity contribution is 6.04. The smallest absolute Gasteiger partial charge is 0.126 e. The number of benzene rings is 3. The van der Waals surface area contributed by atoms with Crippen molar-refractivity contribution < 1.29 is 9.47 Å². The number of fused-ring (bicyclic) bond motifs is 3. The Hall–Kier alpha value is -3.92. The number of aromatic nitrogens is 2. The van der Waals surface area contributed by atoms with Crippen molar-refractivity contribution in [2.75, 3.05) is 14.2 Å². The van der Waals surface area contributed by atoms with Gasteiger partial charge in [-0.15, -0.1) is 0 Å². The second kappa shape index (κ2) is 11.4. The van der Waals surface area contributed by atoms with Crippen molar-refractivity contribution in [1.82, 2.24) is 9.97 Å². The van der Waals surface area contributed by atoms with Gasteiger partial charge in [-0.1, -0.05) is 107 Å². The van der Waals surface area contributed by atoms with Crippen LogP contribution in [0.1, 0.15) is 105 Å². The zero-order valence-electron chi connectivity index (χ0n) is 30.5. The normalized spacial score (nSPS) is 13.0. The molecule has 0 saturated carbocycles. The molecule has 2 aromatic heterocycles. The number of rotatable bonds is 4. The van der Waals surface area contributed by atoms with E-state index in [1.807, 2.05) is 0 Å². The van der Waals surface area contributed by atoms with Crippen LogP contribution in [0.2, 0.25) is 0 Å². The Bertz CT molecular complexity index is 1730. The summed E-state index contributed by atoms with van der Waals surface area (Å²) in [5, 5.41) is 2.14. The molecule has 2 heterocycles. The number of pyridine rings is 2. The van der Waals surface area contributed by atoms with Gasteiger partial charge in [0.15, 0.2) is 0 Å². The molecule has 0 amide bonds. The second-order valence-corrected chi connectivity index (χ2v) is 16.8. The van der Waals surface area contributed by atoms with Gasteiger partial charge in [-0.3, -0.25) is 0 Å². The van der Waals surface area contributed by atoms with Gasteiger partial charge in [-0.25, -0.2) is 9.97 Å². The van der Waals surface area contributed by atoms with Gasteiger partial charge in [-0.2, -0.15) is 0 Å². The largest absolute Gasteiger partial charge is 0.496 e. The van der Waals surface area contributed by atoms with E-state index in [1.54, 1.807) is 14.2 Å². The van der Waals surface area contributed by atoms with E-state index in [-0.39, 0.29) is 21.7 Å². The summed E-state index contributed by atoms with van der Waals surface area (Å²) in [6.07, 6.45) is 0. The zero-order chi connectivity index (χ0) is 34.0. The number of hydrogen-bond acceptors (Lipinski definition) is 4. The monoisotopic (exact) mass is 616 g/mol. The van der Waals surface area contributed by atoms with Crippen LogP contribution in [-0.2, 0) is 21.7 Å². The molecule has 0 unspecified atom stereocenters. The molecule has 0 N–H and O–H groups in total. The number of hydrogen-bond donors (Lipinski definition) is 0. The van der Waals surface area contributed by atoms with E-state index in [1.165, 1.54) is 22.3 Å². The summed E-state index contributed by atoms with van der Waals surface area (Å²) in [5.41, 5.74) is 10.2. The van der Waals surface area contributed by atoms with Crippen LogP contribution in [0, 0.1) is 0 Å². The van der Waals surface area contributed by atoms with Gasteiger partial charge in [0.05, 0.1) is 36.6 Å². The highest BCUT2D eigenvalue weighted by atomic mass is 16.5. The first kappa shape index (κ1) is 33.4. The summed E-state index contributed by atoms with van der Waals surface area (Å²) >= 11 is 0. The molecule has 0 aliphatic heterocycles. The summed E-state index contributed by atoms with van der Waals surface area (Å²) < 4.78 is 12.1. The molecule has 0 atom stereocenters. The first-order valence-electron chi connectivity index (χ1n) is 16.4. The lowest BCUT2D eigenvalue weighted by molar-refractivity contribution is 0.381. The van der Waals surface area contributed by atoms with Crippen LogP contribution in [0.4, 0.5) is 0 Å². The molecule has 0 aliphatic carbocycles. The van der Waals surface area contributed by atoms with E-state index >= 15 is 0 Å². The SMILES string of the molecule is COc1c(C(C)(C)C)cc(-c2ccc3ccc4ccc(-c5cc(C(C)(C)C)c(OC)c(C(C)(C)C)c5)nc4c3n2)cc1C(C)(C)C. The van der Waals surface area contributed by atoms with E-state index < -0.39 is 0 Å². The van der Waals surface area contributed by atoms with Crippen LogP contribution in [0.25, 0.3) is 44.3 Å². The molecule has 3 aromatic carbocycles. The Morgan fingerprint density at radius 3 is 0.913 bits per heavy atom. The average Bonchev–Trinajstić information content (AvgIpc) is 2.97. The predicted octanol–water partition coefficient (Wildman–Crippen LogP) is 11.3. The van der Waals surface area contributed by atoms with E-state index in [2.05, 4.69) is 144 Å². The standard InChI is InChI=1S/C42H52N2O2/c1-39(2,3)29-21-27(22-30(37(29)45-13)40(4,5)6)33-19-17-25-15-16-26-18-20-34(44-36(26)35(25)43-33)28-23-31(41(7,8)9)38(46-14)32(24-28)42(10,11)12/h15-24H,1-14H3. The third kappa shape index (κ3) is 6.24. The molecular formula is C42H52N2O2. The van der Waals surface area contributed by atoms with Gasteiger partial charge >= 0.3 is 0 Å². The molecule has 4 nitrogen and oxygen atoms in total. The van der Waals surface area contributed by atoms with Gasteiger partial charge < -0.3 is 9.47 Å². The lowest BCUT2D eigenvalue weighted by Gasteiger charge is -2.30. The highest BCUT2D eigenvalue weighted by Crippen LogP contribution is 2.44. The Morgan fingerprint density at radius 1 is 0.413 bits per heavy atom. The van der Waals surface area contributed by atoms with Crippen molar-refractivity contribution in [3.8, 4) is 34.0 Å². The minimum absolute atomic E-state index is 0.0997. The van der Waals surface area contributed by atoms with E-state index in [9.17, 15) is 0 Å². The van der Waals surface area contributed by atoms with Gasteiger partial charge in [0.2, 0.25) is 0 Å². The topological polar surface area (TPSA) is 44.2 Å². The molecule has 5 aromatic rings. The molecule has 4 heteroatoms. The van der Waals surface area contributed by atoms with Crippen molar-refractivity contribution in [3.63, 3.8) is 0 Å². The van der Waals surface area contributed by atoms with Gasteiger partial charge in [0.25, 0.3) is 0 Å². The van der Waals surface area contributed by atoms with Crippen LogP contribution in [0.5, 0.6) is 11.5 Å². The molecule has 0 saturated heterocycles. The van der Waals surface area contributed by atoms with Crippen LogP contribution in [-0.4, -0.2) is 24.2 Å². The van der Waals surface area contributed by atoms with Gasteiger partial charge in [0.1, 0.15) is 11.5 Å². The molecule has 0 spiro atoms. The predicted molar refractivity (Wildman–Crippen MR) is 196 cm³/mol. The van der Waals surface area contributed by atoms with Gasteiger partial charge in [-0.05, 0) is 58.1 Å². The number of ether oxygens (including phenoxy) is 2. The Labute approximate surface area is 276 Å². The van der Waals surface area contributed by atoms with Crippen LogP contribution < -0.4 is 9.47 Å². The summed E-state index contributed by atoms with van der Waals surface area (Å²) in [6, 6.07) is 21.9. The maximum atomic E-state index is 6.04. The molecule has 0 bridgehead atoms. The fourth-order valence-corrected chi connectivity index (χ4v) is 6.31. The van der Waals surface area contributed by atoms with Crippen molar-refractivity contribution >= 4 is 21.8 Å². The average molecular weight is 617 g/mol. The fraction of sp³-hybridized carbons (Fsp3) is 0.429. The second-order valence-electron chi connectivity index (χ2n) is 16.8. The Kier molecular flexibility index (Phi) is 8.29. The van der Waals surface area contributed by atoms with Crippen molar-refractivity contribution in [3.05, 3.63) is 82.9 Å². The van der Waals surface area contributed by atoms with Crippen LogP contribution >= 0.6 is 0 Å². The summed E-state index contributed by atoms with van der Waals surface area (Å²) in [4.78, 5) is 10.7. The molecule has 0 radical (unpaired) electrons. The first-order valence-corrected chi connectivity index (χ1v) is 16.4. The van der Waals surface area contributed by atoms with E-state index in [4.69, 9.17) is 19.4 Å². The van der Waals surface area contributed by atoms with E-state index in [0.717, 1.165) is 55.8 Å². The molecule has 5 rings (SSSR count). The third-order valence-electron chi connectivity index (χ3n) is 8.93. The first-order chi connectivity index (χ1) is 21.2. The minimum Gasteiger partial charge on any atom is -0.496 e. The third-order valence-corrected chi connectivity index (χ3v) is 8.93. The fourth-order valence-electron chi connectivity index (χ4n) is 6.31. The molecule has 0 fully saturated rings. The lowest BCUT2D eigenvalue weighted by atomic mass is 9.78. The van der Waals surface area contributed by atoms with Gasteiger partial charge in [0, 0.05) is 44.2 Å². The van der Waals surface area contributed by atoms with E-state index in [0.29, 0.717) is 0 Å². The molecular weight excluding hydrogens is 564 g/mol. The highest BCUT2D eigenvalue weighted by Gasteiger charge is 2.29. The summed E-state index contributed by atoms with van der Waals surface area (Å²) in [7, 11) is 3.56. The maximum absolute atomic E-state index is 6.04. The number of nitrogens with zero attached hydrogens (tertiary/aromatic N) is 2. The summed E-state index contributed by atoms with van der Waals surface area (Å²) in [5.74, 6) is 1.93. The molecule has 0 aliphatic rings.